The van der Waals surface area contributed by atoms with Gasteiger partial charge in [-0.05, 0) is 42.8 Å². The molecule has 0 aliphatic heterocycles. The number of sulfonamides is 1. The second-order valence-corrected chi connectivity index (χ2v) is 9.57. The maximum atomic E-state index is 12.9. The maximum absolute atomic E-state index is 12.9. The zero-order valence-corrected chi connectivity index (χ0v) is 18.8. The summed E-state index contributed by atoms with van der Waals surface area (Å²) in [5.41, 5.74) is 3.28. The lowest BCUT2D eigenvalue weighted by Gasteiger charge is -2.17. The molecule has 0 atom stereocenters. The molecule has 164 valence electrons. The van der Waals surface area contributed by atoms with E-state index in [2.05, 4.69) is 15.4 Å². The Hall–Kier alpha value is -3.56. The molecule has 1 amide bonds. The van der Waals surface area contributed by atoms with Crippen LogP contribution in [0.2, 0.25) is 0 Å². The highest BCUT2D eigenvalue weighted by molar-refractivity contribution is 7.89. The lowest BCUT2D eigenvalue weighted by molar-refractivity contribution is 0.102. The number of carbonyl (C=O) groups is 1. The molecular weight excluding hydrogens is 426 g/mol. The van der Waals surface area contributed by atoms with Crippen LogP contribution in [0.5, 0.6) is 0 Å². The molecule has 0 bridgehead atoms. The first-order valence-electron chi connectivity index (χ1n) is 9.97. The van der Waals surface area contributed by atoms with Gasteiger partial charge in [0.05, 0.1) is 16.2 Å². The van der Waals surface area contributed by atoms with E-state index in [1.165, 1.54) is 22.6 Å². The number of aromatic nitrogens is 3. The monoisotopic (exact) mass is 449 g/mol. The number of aryl methyl sites for hydroxylation is 2. The van der Waals surface area contributed by atoms with Crippen LogP contribution in [0.1, 0.15) is 21.6 Å². The number of benzene rings is 2. The lowest BCUT2D eigenvalue weighted by Crippen LogP contribution is -2.26. The van der Waals surface area contributed by atoms with Crippen molar-refractivity contribution in [3.63, 3.8) is 0 Å². The summed E-state index contributed by atoms with van der Waals surface area (Å²) in [7, 11) is -0.316. The average Bonchev–Trinajstić information content (AvgIpc) is 3.07. The van der Waals surface area contributed by atoms with Gasteiger partial charge in [-0.3, -0.25) is 9.48 Å². The number of nitrogens with one attached hydrogen (secondary N) is 1. The largest absolute Gasteiger partial charge is 0.322 e. The standard InChI is InChI=1S/C23H23N5O3S/c1-16-21-13-18(14-24-22(21)28(3)26-16)23(29)25-19-9-11-20(12-10-19)32(30,31)27(2)15-17-7-5-4-6-8-17/h4-14H,15H2,1-3H3,(H,25,29). The van der Waals surface area contributed by atoms with Gasteiger partial charge in [0.2, 0.25) is 10.0 Å². The van der Waals surface area contributed by atoms with Crippen LogP contribution in [0.4, 0.5) is 5.69 Å². The number of anilines is 1. The highest BCUT2D eigenvalue weighted by Crippen LogP contribution is 2.21. The van der Waals surface area contributed by atoms with Gasteiger partial charge in [-0.15, -0.1) is 0 Å². The predicted molar refractivity (Wildman–Crippen MR) is 123 cm³/mol. The minimum Gasteiger partial charge on any atom is -0.322 e. The molecule has 4 aromatic rings. The van der Waals surface area contributed by atoms with Gasteiger partial charge in [-0.25, -0.2) is 13.4 Å². The van der Waals surface area contributed by atoms with E-state index in [0.717, 1.165) is 16.6 Å². The van der Waals surface area contributed by atoms with E-state index in [4.69, 9.17) is 0 Å². The second-order valence-electron chi connectivity index (χ2n) is 7.53. The Labute approximate surface area is 186 Å². The molecule has 1 N–H and O–H groups in total. The summed E-state index contributed by atoms with van der Waals surface area (Å²) in [6.45, 7) is 2.13. The Morgan fingerprint density at radius 3 is 2.47 bits per heavy atom. The van der Waals surface area contributed by atoms with Crippen LogP contribution >= 0.6 is 0 Å². The minimum absolute atomic E-state index is 0.156. The number of hydrogen-bond donors (Lipinski definition) is 1. The van der Waals surface area contributed by atoms with Crippen LogP contribution < -0.4 is 5.32 Å². The molecule has 0 spiro atoms. The van der Waals surface area contributed by atoms with Crippen molar-refractivity contribution in [2.45, 2.75) is 18.4 Å². The third-order valence-corrected chi connectivity index (χ3v) is 7.01. The van der Waals surface area contributed by atoms with Crippen molar-refractivity contribution in [1.82, 2.24) is 19.1 Å². The molecule has 0 unspecified atom stereocenters. The molecule has 2 heterocycles. The van der Waals surface area contributed by atoms with E-state index in [0.29, 0.717) is 16.9 Å². The fraction of sp³-hybridized carbons (Fsp3) is 0.174. The highest BCUT2D eigenvalue weighted by atomic mass is 32.2. The summed E-state index contributed by atoms with van der Waals surface area (Å²) in [5, 5.41) is 7.90. The number of amides is 1. The van der Waals surface area contributed by atoms with Gasteiger partial charge in [-0.2, -0.15) is 9.40 Å². The van der Waals surface area contributed by atoms with E-state index in [1.807, 2.05) is 37.3 Å². The van der Waals surface area contributed by atoms with Gasteiger partial charge in [0, 0.05) is 37.9 Å². The highest BCUT2D eigenvalue weighted by Gasteiger charge is 2.21. The molecular formula is C23H23N5O3S. The fourth-order valence-electron chi connectivity index (χ4n) is 3.45. The molecule has 0 aliphatic rings. The van der Waals surface area contributed by atoms with Crippen LogP contribution in [0.3, 0.4) is 0 Å². The summed E-state index contributed by atoms with van der Waals surface area (Å²) < 4.78 is 28.7. The van der Waals surface area contributed by atoms with Crippen molar-refractivity contribution in [3.05, 3.63) is 83.7 Å². The Kier molecular flexibility index (Phi) is 5.77. The lowest BCUT2D eigenvalue weighted by atomic mass is 10.2. The number of hydrogen-bond acceptors (Lipinski definition) is 5. The topological polar surface area (TPSA) is 97.2 Å². The van der Waals surface area contributed by atoms with Crippen molar-refractivity contribution in [3.8, 4) is 0 Å². The number of nitrogens with zero attached hydrogens (tertiary/aromatic N) is 4. The maximum Gasteiger partial charge on any atom is 0.257 e. The summed E-state index contributed by atoms with van der Waals surface area (Å²) in [6, 6.07) is 17.2. The van der Waals surface area contributed by atoms with Crippen LogP contribution in [0, 0.1) is 6.92 Å². The third kappa shape index (κ3) is 4.25. The first kappa shape index (κ1) is 21.7. The molecule has 9 heteroatoms. The molecule has 2 aromatic heterocycles. The Morgan fingerprint density at radius 2 is 1.78 bits per heavy atom. The van der Waals surface area contributed by atoms with Gasteiger partial charge < -0.3 is 5.32 Å². The number of fused-ring (bicyclic) bond motifs is 1. The zero-order valence-electron chi connectivity index (χ0n) is 18.0. The first-order chi connectivity index (χ1) is 15.3. The van der Waals surface area contributed by atoms with Crippen molar-refractivity contribution >= 4 is 32.7 Å². The zero-order chi connectivity index (χ0) is 22.9. The van der Waals surface area contributed by atoms with Gasteiger partial charge in [0.25, 0.3) is 5.91 Å². The summed E-state index contributed by atoms with van der Waals surface area (Å²) in [6.07, 6.45) is 1.50. The van der Waals surface area contributed by atoms with Crippen molar-refractivity contribution < 1.29 is 13.2 Å². The molecule has 0 saturated heterocycles. The molecule has 0 aliphatic carbocycles. The first-order valence-corrected chi connectivity index (χ1v) is 11.4. The van der Waals surface area contributed by atoms with Crippen LogP contribution in [-0.2, 0) is 23.6 Å². The van der Waals surface area contributed by atoms with Crippen molar-refractivity contribution in [1.29, 1.82) is 0 Å². The molecule has 0 fully saturated rings. The second kappa shape index (κ2) is 8.52. The molecule has 8 nitrogen and oxygen atoms in total. The van der Waals surface area contributed by atoms with Gasteiger partial charge in [-0.1, -0.05) is 30.3 Å². The van der Waals surface area contributed by atoms with E-state index >= 15 is 0 Å². The Morgan fingerprint density at radius 1 is 1.09 bits per heavy atom. The van der Waals surface area contributed by atoms with E-state index < -0.39 is 10.0 Å². The Balaban J connectivity index is 1.48. The summed E-state index contributed by atoms with van der Waals surface area (Å²) in [5.74, 6) is -0.334. The molecule has 4 rings (SSSR count). The number of carbonyl (C=O) groups excluding carboxylic acids is 1. The van der Waals surface area contributed by atoms with Crippen LogP contribution in [0.15, 0.2) is 71.8 Å². The van der Waals surface area contributed by atoms with Gasteiger partial charge in [0.1, 0.15) is 0 Å². The molecule has 0 saturated carbocycles. The number of rotatable bonds is 6. The molecule has 2 aromatic carbocycles. The quantitative estimate of drug-likeness (QED) is 0.487. The van der Waals surface area contributed by atoms with Crippen LogP contribution in [-0.4, -0.2) is 40.4 Å². The molecule has 0 radical (unpaired) electrons. The summed E-state index contributed by atoms with van der Waals surface area (Å²) >= 11 is 0. The van der Waals surface area contributed by atoms with Crippen molar-refractivity contribution in [2.24, 2.45) is 7.05 Å². The van der Waals surface area contributed by atoms with E-state index in [-0.39, 0.29) is 17.3 Å². The SMILES string of the molecule is Cc1nn(C)c2ncc(C(=O)Nc3ccc(S(=O)(=O)N(C)Cc4ccccc4)cc3)cc12. The molecule has 32 heavy (non-hydrogen) atoms. The third-order valence-electron chi connectivity index (χ3n) is 5.19. The van der Waals surface area contributed by atoms with E-state index in [9.17, 15) is 13.2 Å². The summed E-state index contributed by atoms with van der Waals surface area (Å²) in [4.78, 5) is 17.1. The smallest absolute Gasteiger partial charge is 0.257 e. The van der Waals surface area contributed by atoms with Crippen molar-refractivity contribution in [2.75, 3.05) is 12.4 Å². The van der Waals surface area contributed by atoms with Gasteiger partial charge >= 0.3 is 0 Å². The minimum atomic E-state index is -3.66. The Bertz CT molecular complexity index is 1380. The van der Waals surface area contributed by atoms with E-state index in [1.54, 1.807) is 37.0 Å². The average molecular weight is 450 g/mol. The predicted octanol–water partition coefficient (Wildman–Crippen LogP) is 3.35. The number of pyridine rings is 1. The normalized spacial score (nSPS) is 11.8. The van der Waals surface area contributed by atoms with Gasteiger partial charge in [0.15, 0.2) is 5.65 Å². The fourth-order valence-corrected chi connectivity index (χ4v) is 4.61. The van der Waals surface area contributed by atoms with Crippen LogP contribution in [0.25, 0.3) is 11.0 Å².